The second-order valence-electron chi connectivity index (χ2n) is 5.52. The third-order valence-electron chi connectivity index (χ3n) is 4.25. The molecule has 0 radical (unpaired) electrons. The molecule has 3 rings (SSSR count). The van der Waals surface area contributed by atoms with Crippen LogP contribution in [0.3, 0.4) is 0 Å². The second kappa shape index (κ2) is 3.57. The molecule has 0 bridgehead atoms. The van der Waals surface area contributed by atoms with E-state index < -0.39 is 0 Å². The van der Waals surface area contributed by atoms with Gasteiger partial charge in [0.1, 0.15) is 0 Å². The van der Waals surface area contributed by atoms with Crippen molar-refractivity contribution >= 4 is 0 Å². The second-order valence-corrected chi connectivity index (χ2v) is 5.52. The Morgan fingerprint density at radius 3 is 2.50 bits per heavy atom. The van der Waals surface area contributed by atoms with Crippen LogP contribution in [0.5, 0.6) is 0 Å². The fraction of sp³-hybridized carbons (Fsp3) is 0.571. The zero-order valence-electron chi connectivity index (χ0n) is 9.95. The molecule has 0 aromatic heterocycles. The Bertz CT molecular complexity index is 389. The van der Waals surface area contributed by atoms with Gasteiger partial charge in [-0.15, -0.1) is 0 Å². The van der Waals surface area contributed by atoms with E-state index in [0.29, 0.717) is 5.92 Å². The van der Waals surface area contributed by atoms with Crippen LogP contribution in [0.15, 0.2) is 24.3 Å². The number of nitrogens with two attached hydrogens (primary N) is 1. The molecule has 1 aliphatic heterocycles. The summed E-state index contributed by atoms with van der Waals surface area (Å²) < 4.78 is 0. The maximum atomic E-state index is 6.46. The highest BCUT2D eigenvalue weighted by molar-refractivity contribution is 5.39. The zero-order chi connectivity index (χ0) is 11.2. The number of likely N-dealkylation sites (N-methyl/N-ethyl adjacent to an activating group) is 1. The fourth-order valence-corrected chi connectivity index (χ4v) is 3.03. The predicted octanol–water partition coefficient (Wildman–Crippen LogP) is 2.05. The monoisotopic (exact) mass is 216 g/mol. The molecular formula is C14H20N2. The summed E-state index contributed by atoms with van der Waals surface area (Å²) in [4.78, 5) is 2.37. The van der Waals surface area contributed by atoms with Gasteiger partial charge in [0, 0.05) is 24.5 Å². The zero-order valence-corrected chi connectivity index (χ0v) is 9.95. The number of hydrogen-bond donors (Lipinski definition) is 1. The lowest BCUT2D eigenvalue weighted by Crippen LogP contribution is -2.47. The van der Waals surface area contributed by atoms with E-state index in [-0.39, 0.29) is 5.54 Å². The van der Waals surface area contributed by atoms with Crippen molar-refractivity contribution in [3.8, 4) is 0 Å². The summed E-state index contributed by atoms with van der Waals surface area (Å²) >= 11 is 0. The average molecular weight is 216 g/mol. The van der Waals surface area contributed by atoms with Crippen molar-refractivity contribution in [2.24, 2.45) is 5.73 Å². The van der Waals surface area contributed by atoms with Gasteiger partial charge in [-0.1, -0.05) is 24.3 Å². The van der Waals surface area contributed by atoms with Crippen LogP contribution in [0.1, 0.15) is 36.3 Å². The molecule has 16 heavy (non-hydrogen) atoms. The van der Waals surface area contributed by atoms with E-state index in [1.54, 1.807) is 0 Å². The summed E-state index contributed by atoms with van der Waals surface area (Å²) in [5.41, 5.74) is 9.37. The summed E-state index contributed by atoms with van der Waals surface area (Å²) in [5.74, 6) is 0.710. The lowest BCUT2D eigenvalue weighted by atomic mass is 9.69. The van der Waals surface area contributed by atoms with Crippen LogP contribution in [0.2, 0.25) is 0 Å². The maximum absolute atomic E-state index is 6.46. The largest absolute Gasteiger partial charge is 0.321 e. The molecule has 1 aliphatic carbocycles. The van der Waals surface area contributed by atoms with E-state index in [1.165, 1.54) is 30.6 Å². The normalized spacial score (nSPS) is 24.9. The SMILES string of the molecule is CN1CC(c2ccccc2C2(N)CCC2)C1. The molecule has 2 heteroatoms. The molecule has 1 aromatic rings. The van der Waals surface area contributed by atoms with Crippen molar-refractivity contribution in [1.82, 2.24) is 4.90 Å². The molecular weight excluding hydrogens is 196 g/mol. The first kappa shape index (κ1) is 10.3. The van der Waals surface area contributed by atoms with Crippen LogP contribution in [-0.4, -0.2) is 25.0 Å². The number of nitrogens with zero attached hydrogens (tertiary/aromatic N) is 1. The smallest absolute Gasteiger partial charge is 0.0412 e. The van der Waals surface area contributed by atoms with E-state index in [4.69, 9.17) is 5.73 Å². The molecule has 0 amide bonds. The number of likely N-dealkylation sites (tertiary alicyclic amines) is 1. The molecule has 2 aliphatic rings. The van der Waals surface area contributed by atoms with Crippen molar-refractivity contribution in [2.45, 2.75) is 30.7 Å². The highest BCUT2D eigenvalue weighted by Gasteiger charge is 2.38. The Labute approximate surface area is 97.4 Å². The molecule has 86 valence electrons. The van der Waals surface area contributed by atoms with Crippen LogP contribution in [0, 0.1) is 0 Å². The summed E-state index contributed by atoms with van der Waals surface area (Å²) in [7, 11) is 2.18. The van der Waals surface area contributed by atoms with Gasteiger partial charge in [-0.25, -0.2) is 0 Å². The first-order valence-electron chi connectivity index (χ1n) is 6.26. The Morgan fingerprint density at radius 2 is 1.94 bits per heavy atom. The summed E-state index contributed by atoms with van der Waals surface area (Å²) in [5, 5.41) is 0. The van der Waals surface area contributed by atoms with E-state index in [9.17, 15) is 0 Å². The molecule has 1 aromatic carbocycles. The van der Waals surface area contributed by atoms with Crippen LogP contribution in [0.25, 0.3) is 0 Å². The lowest BCUT2D eigenvalue weighted by Gasteiger charge is -2.44. The van der Waals surface area contributed by atoms with Crippen LogP contribution in [0.4, 0.5) is 0 Å². The topological polar surface area (TPSA) is 29.3 Å². The highest BCUT2D eigenvalue weighted by atomic mass is 15.2. The van der Waals surface area contributed by atoms with Crippen molar-refractivity contribution < 1.29 is 0 Å². The van der Waals surface area contributed by atoms with Gasteiger partial charge in [0.15, 0.2) is 0 Å². The van der Waals surface area contributed by atoms with E-state index >= 15 is 0 Å². The molecule has 1 heterocycles. The van der Waals surface area contributed by atoms with Crippen molar-refractivity contribution in [1.29, 1.82) is 0 Å². The van der Waals surface area contributed by atoms with Crippen molar-refractivity contribution in [3.63, 3.8) is 0 Å². The predicted molar refractivity (Wildman–Crippen MR) is 66.4 cm³/mol. The minimum atomic E-state index is -0.00917. The van der Waals surface area contributed by atoms with Gasteiger partial charge in [0.25, 0.3) is 0 Å². The average Bonchev–Trinajstić information content (AvgIpc) is 2.22. The first-order chi connectivity index (χ1) is 7.69. The van der Waals surface area contributed by atoms with Gasteiger partial charge in [-0.3, -0.25) is 0 Å². The Hall–Kier alpha value is -0.860. The van der Waals surface area contributed by atoms with Gasteiger partial charge in [-0.2, -0.15) is 0 Å². The quantitative estimate of drug-likeness (QED) is 0.820. The van der Waals surface area contributed by atoms with E-state index in [1.807, 2.05) is 0 Å². The summed E-state index contributed by atoms with van der Waals surface area (Å²) in [6.45, 7) is 2.38. The third kappa shape index (κ3) is 1.48. The van der Waals surface area contributed by atoms with Gasteiger partial charge >= 0.3 is 0 Å². The van der Waals surface area contributed by atoms with Gasteiger partial charge in [0.2, 0.25) is 0 Å². The molecule has 0 unspecified atom stereocenters. The molecule has 0 atom stereocenters. The Balaban J connectivity index is 1.92. The van der Waals surface area contributed by atoms with Crippen LogP contribution in [-0.2, 0) is 5.54 Å². The number of hydrogen-bond acceptors (Lipinski definition) is 2. The standard InChI is InChI=1S/C14H20N2/c1-16-9-11(10-16)12-5-2-3-6-13(12)14(15)7-4-8-14/h2-3,5-6,11H,4,7-10,15H2,1H3. The van der Waals surface area contributed by atoms with Crippen molar-refractivity contribution in [3.05, 3.63) is 35.4 Å². The van der Waals surface area contributed by atoms with Crippen molar-refractivity contribution in [2.75, 3.05) is 20.1 Å². The minimum Gasteiger partial charge on any atom is -0.321 e. The minimum absolute atomic E-state index is 0.00917. The molecule has 2 N–H and O–H groups in total. The Morgan fingerprint density at radius 1 is 1.25 bits per heavy atom. The van der Waals surface area contributed by atoms with Gasteiger partial charge in [0.05, 0.1) is 0 Å². The van der Waals surface area contributed by atoms with E-state index in [0.717, 1.165) is 12.8 Å². The number of benzene rings is 1. The number of rotatable bonds is 2. The molecule has 1 saturated carbocycles. The van der Waals surface area contributed by atoms with E-state index in [2.05, 4.69) is 36.2 Å². The third-order valence-corrected chi connectivity index (χ3v) is 4.25. The summed E-state index contributed by atoms with van der Waals surface area (Å²) in [6.07, 6.45) is 3.61. The van der Waals surface area contributed by atoms with Gasteiger partial charge < -0.3 is 10.6 Å². The molecule has 0 spiro atoms. The Kier molecular flexibility index (Phi) is 2.30. The molecule has 2 fully saturated rings. The first-order valence-corrected chi connectivity index (χ1v) is 6.26. The highest BCUT2D eigenvalue weighted by Crippen LogP contribution is 2.42. The van der Waals surface area contributed by atoms with Crippen LogP contribution < -0.4 is 5.73 Å². The molecule has 1 saturated heterocycles. The van der Waals surface area contributed by atoms with Crippen LogP contribution >= 0.6 is 0 Å². The summed E-state index contributed by atoms with van der Waals surface area (Å²) in [6, 6.07) is 8.81. The lowest BCUT2D eigenvalue weighted by molar-refractivity contribution is 0.183. The maximum Gasteiger partial charge on any atom is 0.0412 e. The fourth-order valence-electron chi connectivity index (χ4n) is 3.03. The van der Waals surface area contributed by atoms with Gasteiger partial charge in [-0.05, 0) is 37.4 Å². The molecule has 2 nitrogen and oxygen atoms in total.